The van der Waals surface area contributed by atoms with Crippen molar-refractivity contribution in [2.45, 2.75) is 45.1 Å². The first-order valence-corrected chi connectivity index (χ1v) is 11.9. The molecule has 0 unspecified atom stereocenters. The number of fused-ring (bicyclic) bond motifs is 1. The van der Waals surface area contributed by atoms with Gasteiger partial charge in [0.1, 0.15) is 0 Å². The van der Waals surface area contributed by atoms with E-state index in [1.807, 2.05) is 6.07 Å². The highest BCUT2D eigenvalue weighted by molar-refractivity contribution is 6.31. The maximum absolute atomic E-state index is 12.6. The second-order valence-electron chi connectivity index (χ2n) is 9.02. The average Bonchev–Trinajstić information content (AvgIpc) is 3.06. The fourth-order valence-corrected chi connectivity index (χ4v) is 5.18. The minimum atomic E-state index is 0.165. The smallest absolute Gasteiger partial charge is 0.223 e. The van der Waals surface area contributed by atoms with Gasteiger partial charge in [-0.25, -0.2) is 0 Å². The van der Waals surface area contributed by atoms with Gasteiger partial charge in [-0.15, -0.1) is 0 Å². The maximum Gasteiger partial charge on any atom is 0.223 e. The van der Waals surface area contributed by atoms with Gasteiger partial charge >= 0.3 is 0 Å². The van der Waals surface area contributed by atoms with Crippen molar-refractivity contribution in [1.29, 1.82) is 0 Å². The number of amides is 1. The number of carbonyl (C=O) groups excluding carboxylic acids is 1. The summed E-state index contributed by atoms with van der Waals surface area (Å²) in [6.45, 7) is 7.26. The van der Waals surface area contributed by atoms with Crippen LogP contribution in [-0.4, -0.2) is 59.5 Å². The molecule has 2 fully saturated rings. The summed E-state index contributed by atoms with van der Waals surface area (Å²) in [4.78, 5) is 17.6. The Morgan fingerprint density at radius 2 is 1.87 bits per heavy atom. The SMILES string of the molecule is Cn1cc(CN2CCC(C(=O)NCCCN3CCCCC3)CC2)c2cc(Cl)ccc21. The fourth-order valence-electron chi connectivity index (χ4n) is 5.01. The van der Waals surface area contributed by atoms with Crippen molar-refractivity contribution < 1.29 is 4.79 Å². The quantitative estimate of drug-likeness (QED) is 0.674. The molecule has 6 heteroatoms. The number of carbonyl (C=O) groups is 1. The molecule has 164 valence electrons. The molecule has 0 bridgehead atoms. The molecule has 1 N–H and O–H groups in total. The predicted octanol–water partition coefficient (Wildman–Crippen LogP) is 4.04. The zero-order chi connectivity index (χ0) is 20.9. The Balaban J connectivity index is 1.20. The molecule has 0 saturated carbocycles. The first-order chi connectivity index (χ1) is 14.6. The molecule has 1 aromatic carbocycles. The summed E-state index contributed by atoms with van der Waals surface area (Å²) in [5, 5.41) is 5.21. The van der Waals surface area contributed by atoms with E-state index >= 15 is 0 Å². The molecule has 4 rings (SSSR count). The van der Waals surface area contributed by atoms with Gasteiger partial charge in [-0.05, 0) is 88.6 Å². The van der Waals surface area contributed by atoms with Gasteiger partial charge in [-0.1, -0.05) is 18.0 Å². The van der Waals surface area contributed by atoms with Crippen LogP contribution in [0.2, 0.25) is 5.02 Å². The van der Waals surface area contributed by atoms with Crippen LogP contribution in [-0.2, 0) is 18.4 Å². The molecule has 1 amide bonds. The van der Waals surface area contributed by atoms with E-state index in [-0.39, 0.29) is 11.8 Å². The van der Waals surface area contributed by atoms with Crippen LogP contribution in [0.4, 0.5) is 0 Å². The van der Waals surface area contributed by atoms with Crippen LogP contribution < -0.4 is 5.32 Å². The second-order valence-corrected chi connectivity index (χ2v) is 9.46. The lowest BCUT2D eigenvalue weighted by Gasteiger charge is -2.31. The van der Waals surface area contributed by atoms with E-state index < -0.39 is 0 Å². The summed E-state index contributed by atoms with van der Waals surface area (Å²) in [6, 6.07) is 6.10. The highest BCUT2D eigenvalue weighted by atomic mass is 35.5. The van der Waals surface area contributed by atoms with Crippen LogP contribution in [0.25, 0.3) is 10.9 Å². The van der Waals surface area contributed by atoms with E-state index in [0.717, 1.165) is 57.0 Å². The Bertz CT molecular complexity index is 850. The lowest BCUT2D eigenvalue weighted by atomic mass is 9.95. The Morgan fingerprint density at radius 1 is 1.10 bits per heavy atom. The molecule has 3 heterocycles. The Hall–Kier alpha value is -1.56. The Morgan fingerprint density at radius 3 is 2.63 bits per heavy atom. The topological polar surface area (TPSA) is 40.5 Å². The average molecular weight is 431 g/mol. The van der Waals surface area contributed by atoms with Crippen molar-refractivity contribution in [3.05, 3.63) is 35.0 Å². The van der Waals surface area contributed by atoms with E-state index in [0.29, 0.717) is 0 Å². The number of benzene rings is 1. The number of hydrogen-bond donors (Lipinski definition) is 1. The zero-order valence-corrected chi connectivity index (χ0v) is 19.0. The fraction of sp³-hybridized carbons (Fsp3) is 0.625. The molecule has 2 aliphatic rings. The predicted molar refractivity (Wildman–Crippen MR) is 124 cm³/mol. The largest absolute Gasteiger partial charge is 0.356 e. The molecule has 0 spiro atoms. The summed E-state index contributed by atoms with van der Waals surface area (Å²) in [7, 11) is 2.08. The van der Waals surface area contributed by atoms with E-state index in [4.69, 9.17) is 11.6 Å². The van der Waals surface area contributed by atoms with Gasteiger partial charge < -0.3 is 14.8 Å². The van der Waals surface area contributed by atoms with Gasteiger partial charge in [0.05, 0.1) is 0 Å². The van der Waals surface area contributed by atoms with Crippen LogP contribution >= 0.6 is 11.6 Å². The van der Waals surface area contributed by atoms with Crippen LogP contribution in [0.1, 0.15) is 44.1 Å². The minimum Gasteiger partial charge on any atom is -0.356 e. The van der Waals surface area contributed by atoms with Crippen LogP contribution in [0.5, 0.6) is 0 Å². The number of aryl methyl sites for hydroxylation is 1. The molecule has 5 nitrogen and oxygen atoms in total. The summed E-state index contributed by atoms with van der Waals surface area (Å²) < 4.78 is 2.17. The van der Waals surface area contributed by atoms with E-state index in [9.17, 15) is 4.79 Å². The Labute approximate surface area is 185 Å². The van der Waals surface area contributed by atoms with Gasteiger partial charge in [-0.2, -0.15) is 0 Å². The molecule has 0 atom stereocenters. The third-order valence-electron chi connectivity index (χ3n) is 6.79. The van der Waals surface area contributed by atoms with Crippen molar-refractivity contribution >= 4 is 28.4 Å². The van der Waals surface area contributed by atoms with Gasteiger partial charge in [0.25, 0.3) is 0 Å². The van der Waals surface area contributed by atoms with Crippen molar-refractivity contribution in [3.63, 3.8) is 0 Å². The molecule has 2 aromatic rings. The number of rotatable bonds is 7. The van der Waals surface area contributed by atoms with Gasteiger partial charge in [0.15, 0.2) is 0 Å². The number of piperidine rings is 2. The zero-order valence-electron chi connectivity index (χ0n) is 18.2. The molecular formula is C24H35ClN4O. The normalized spacial score (nSPS) is 19.4. The number of likely N-dealkylation sites (tertiary alicyclic amines) is 2. The van der Waals surface area contributed by atoms with Crippen LogP contribution in [0.3, 0.4) is 0 Å². The summed E-state index contributed by atoms with van der Waals surface area (Å²) in [5.41, 5.74) is 2.53. The van der Waals surface area contributed by atoms with Crippen LogP contribution in [0, 0.1) is 5.92 Å². The van der Waals surface area contributed by atoms with Gasteiger partial charge in [-0.3, -0.25) is 9.69 Å². The second kappa shape index (κ2) is 10.2. The van der Waals surface area contributed by atoms with Crippen molar-refractivity contribution in [1.82, 2.24) is 19.7 Å². The molecule has 0 aliphatic carbocycles. The molecule has 1 aromatic heterocycles. The Kier molecular flexibility index (Phi) is 7.34. The maximum atomic E-state index is 12.6. The molecule has 0 radical (unpaired) electrons. The lowest BCUT2D eigenvalue weighted by molar-refractivity contribution is -0.126. The van der Waals surface area contributed by atoms with Gasteiger partial charge in [0, 0.05) is 48.2 Å². The first kappa shape index (κ1) is 21.7. The van der Waals surface area contributed by atoms with E-state index in [1.54, 1.807) is 0 Å². The molecule has 30 heavy (non-hydrogen) atoms. The molecule has 2 saturated heterocycles. The van der Waals surface area contributed by atoms with Crippen molar-refractivity contribution in [2.75, 3.05) is 39.3 Å². The third-order valence-corrected chi connectivity index (χ3v) is 7.02. The summed E-state index contributed by atoms with van der Waals surface area (Å²) in [6.07, 6.45) is 9.21. The number of nitrogens with zero attached hydrogens (tertiary/aromatic N) is 3. The summed E-state index contributed by atoms with van der Waals surface area (Å²) >= 11 is 6.22. The minimum absolute atomic E-state index is 0.165. The van der Waals surface area contributed by atoms with E-state index in [1.165, 1.54) is 48.8 Å². The highest BCUT2D eigenvalue weighted by Crippen LogP contribution is 2.27. The number of halogens is 1. The third kappa shape index (κ3) is 5.37. The molecule has 2 aliphatic heterocycles. The lowest BCUT2D eigenvalue weighted by Crippen LogP contribution is -2.41. The van der Waals surface area contributed by atoms with Crippen molar-refractivity contribution in [3.8, 4) is 0 Å². The number of nitrogens with one attached hydrogen (secondary N) is 1. The highest BCUT2D eigenvalue weighted by Gasteiger charge is 2.25. The molecular weight excluding hydrogens is 396 g/mol. The number of hydrogen-bond acceptors (Lipinski definition) is 3. The van der Waals surface area contributed by atoms with Crippen molar-refractivity contribution in [2.24, 2.45) is 13.0 Å². The summed E-state index contributed by atoms with van der Waals surface area (Å²) in [5.74, 6) is 0.420. The van der Waals surface area contributed by atoms with Crippen LogP contribution in [0.15, 0.2) is 24.4 Å². The number of aromatic nitrogens is 1. The van der Waals surface area contributed by atoms with Gasteiger partial charge in [0.2, 0.25) is 5.91 Å². The first-order valence-electron chi connectivity index (χ1n) is 11.6. The standard InChI is InChI=1S/C24H35ClN4O/c1-27-17-20(22-16-21(25)6-7-23(22)27)18-29-14-8-19(9-15-29)24(30)26-10-5-13-28-11-3-2-4-12-28/h6-7,16-17,19H,2-5,8-15,18H2,1H3,(H,26,30). The van der Waals surface area contributed by atoms with E-state index in [2.05, 4.69) is 45.1 Å². The monoisotopic (exact) mass is 430 g/mol.